The van der Waals surface area contributed by atoms with Crippen LogP contribution < -0.4 is 0 Å². The van der Waals surface area contributed by atoms with Gasteiger partial charge in [0.05, 0.1) is 0 Å². The molecule has 0 bridgehead atoms. The first-order chi connectivity index (χ1) is 3.81. The van der Waals surface area contributed by atoms with Crippen LogP contribution in [0.3, 0.4) is 0 Å². The van der Waals surface area contributed by atoms with E-state index in [-0.39, 0.29) is 0 Å². The molecule has 0 radical (unpaired) electrons. The highest BCUT2D eigenvalue weighted by Crippen LogP contribution is 2.32. The van der Waals surface area contributed by atoms with Crippen molar-refractivity contribution in [1.29, 1.82) is 0 Å². The standard InChI is InChI=1S/C4H9FS3/c1-2-3-4(5)7-8-6/h4,6H,2-3H2,1H3. The first kappa shape index (κ1) is 8.98. The fraction of sp³-hybridized carbons (Fsp3) is 1.00. The van der Waals surface area contributed by atoms with Gasteiger partial charge in [0.2, 0.25) is 0 Å². The van der Waals surface area contributed by atoms with Gasteiger partial charge in [-0.15, -0.1) is 0 Å². The van der Waals surface area contributed by atoms with Gasteiger partial charge in [0.1, 0.15) is 0 Å². The predicted molar refractivity (Wildman–Crippen MR) is 44.0 cm³/mol. The highest BCUT2D eigenvalue weighted by molar-refractivity contribution is 9.05. The molecule has 0 saturated heterocycles. The van der Waals surface area contributed by atoms with Crippen LogP contribution in [0, 0.1) is 0 Å². The molecule has 0 fully saturated rings. The summed E-state index contributed by atoms with van der Waals surface area (Å²) in [5, 5.41) is 0. The summed E-state index contributed by atoms with van der Waals surface area (Å²) in [6.45, 7) is 1.97. The van der Waals surface area contributed by atoms with Crippen molar-refractivity contribution in [2.75, 3.05) is 0 Å². The van der Waals surface area contributed by atoms with Gasteiger partial charge in [-0.2, -0.15) is 0 Å². The monoisotopic (exact) mass is 172 g/mol. The maximum Gasteiger partial charge on any atom is 0.156 e. The van der Waals surface area contributed by atoms with Crippen LogP contribution in [0.4, 0.5) is 4.39 Å². The smallest absolute Gasteiger partial charge is 0.156 e. The van der Waals surface area contributed by atoms with E-state index in [1.54, 1.807) is 0 Å². The SMILES string of the molecule is CCCC(F)SSS. The molecule has 4 heteroatoms. The van der Waals surface area contributed by atoms with Crippen molar-refractivity contribution in [2.24, 2.45) is 0 Å². The summed E-state index contributed by atoms with van der Waals surface area (Å²) in [4.78, 5) is 0. The normalized spacial score (nSPS) is 13.9. The molecule has 8 heavy (non-hydrogen) atoms. The van der Waals surface area contributed by atoms with Gasteiger partial charge in [0.25, 0.3) is 0 Å². The zero-order valence-electron chi connectivity index (χ0n) is 4.63. The maximum atomic E-state index is 12.3. The summed E-state index contributed by atoms with van der Waals surface area (Å²) in [6, 6.07) is 0. The molecule has 0 aromatic heterocycles. The van der Waals surface area contributed by atoms with Crippen molar-refractivity contribution in [3.05, 3.63) is 0 Å². The molecule has 0 rings (SSSR count). The molecule has 0 N–H and O–H groups in total. The quantitative estimate of drug-likeness (QED) is 0.510. The minimum atomic E-state index is -0.734. The Hall–Kier alpha value is 0.980. The Morgan fingerprint density at radius 2 is 2.38 bits per heavy atom. The molecule has 0 aliphatic heterocycles. The van der Waals surface area contributed by atoms with E-state index in [1.807, 2.05) is 6.92 Å². The number of rotatable bonds is 4. The van der Waals surface area contributed by atoms with E-state index in [1.165, 1.54) is 20.6 Å². The average Bonchev–Trinajstić information content (AvgIpc) is 1.68. The Balaban J connectivity index is 2.92. The van der Waals surface area contributed by atoms with Crippen molar-refractivity contribution in [3.63, 3.8) is 0 Å². The van der Waals surface area contributed by atoms with Crippen LogP contribution in [0.25, 0.3) is 0 Å². The van der Waals surface area contributed by atoms with E-state index in [0.717, 1.165) is 6.42 Å². The fourth-order valence-corrected chi connectivity index (χ4v) is 2.16. The lowest BCUT2D eigenvalue weighted by Crippen LogP contribution is -1.87. The Kier molecular flexibility index (Phi) is 6.85. The van der Waals surface area contributed by atoms with E-state index < -0.39 is 5.50 Å². The van der Waals surface area contributed by atoms with E-state index in [4.69, 9.17) is 0 Å². The highest BCUT2D eigenvalue weighted by Gasteiger charge is 2.02. The summed E-state index contributed by atoms with van der Waals surface area (Å²) in [7, 11) is 2.36. The van der Waals surface area contributed by atoms with Gasteiger partial charge in [-0.25, -0.2) is 4.39 Å². The van der Waals surface area contributed by atoms with E-state index >= 15 is 0 Å². The Morgan fingerprint density at radius 1 is 1.75 bits per heavy atom. The van der Waals surface area contributed by atoms with Gasteiger partial charge in [0.15, 0.2) is 5.50 Å². The third-order valence-corrected chi connectivity index (χ3v) is 2.85. The largest absolute Gasteiger partial charge is 0.235 e. The number of hydrogen-bond donors (Lipinski definition) is 1. The van der Waals surface area contributed by atoms with E-state index in [2.05, 4.69) is 11.7 Å². The summed E-state index contributed by atoms with van der Waals surface area (Å²) in [6.07, 6.45) is 1.54. The van der Waals surface area contributed by atoms with Crippen molar-refractivity contribution < 1.29 is 4.39 Å². The zero-order chi connectivity index (χ0) is 6.41. The molecular formula is C4H9FS3. The number of alkyl halides is 1. The van der Waals surface area contributed by atoms with Gasteiger partial charge < -0.3 is 0 Å². The van der Waals surface area contributed by atoms with Gasteiger partial charge >= 0.3 is 0 Å². The third-order valence-electron chi connectivity index (χ3n) is 0.663. The molecule has 0 aromatic carbocycles. The van der Waals surface area contributed by atoms with Gasteiger partial charge in [-0.3, -0.25) is 0 Å². The second-order valence-electron chi connectivity index (χ2n) is 1.37. The molecule has 0 nitrogen and oxygen atoms in total. The summed E-state index contributed by atoms with van der Waals surface area (Å²) >= 11 is 3.79. The Morgan fingerprint density at radius 3 is 2.75 bits per heavy atom. The van der Waals surface area contributed by atoms with E-state index in [9.17, 15) is 4.39 Å². The highest BCUT2D eigenvalue weighted by atomic mass is 33.5. The average molecular weight is 172 g/mol. The van der Waals surface area contributed by atoms with Gasteiger partial charge in [-0.05, 0) is 27.0 Å². The van der Waals surface area contributed by atoms with Crippen molar-refractivity contribution in [3.8, 4) is 0 Å². The first-order valence-electron chi connectivity index (χ1n) is 2.42. The molecule has 0 spiro atoms. The lowest BCUT2D eigenvalue weighted by atomic mass is 10.4. The number of thiol groups is 1. The molecule has 0 aromatic rings. The maximum absolute atomic E-state index is 12.3. The predicted octanol–water partition coefficient (Wildman–Crippen LogP) is 3.31. The minimum absolute atomic E-state index is 0.637. The van der Waals surface area contributed by atoms with Crippen LogP contribution >= 0.6 is 32.3 Å². The number of hydrogen-bond acceptors (Lipinski definition) is 3. The van der Waals surface area contributed by atoms with Crippen LogP contribution in [0.2, 0.25) is 0 Å². The van der Waals surface area contributed by atoms with Crippen LogP contribution in [0.15, 0.2) is 0 Å². The number of halogens is 1. The van der Waals surface area contributed by atoms with Crippen molar-refractivity contribution in [1.82, 2.24) is 0 Å². The molecule has 50 valence electrons. The first-order valence-corrected chi connectivity index (χ1v) is 5.68. The molecule has 1 unspecified atom stereocenters. The van der Waals surface area contributed by atoms with Crippen LogP contribution in [0.5, 0.6) is 0 Å². The van der Waals surface area contributed by atoms with Crippen molar-refractivity contribution >= 4 is 32.3 Å². The lowest BCUT2D eigenvalue weighted by Gasteiger charge is -1.99. The van der Waals surface area contributed by atoms with Crippen LogP contribution in [-0.4, -0.2) is 5.50 Å². The van der Waals surface area contributed by atoms with Gasteiger partial charge in [-0.1, -0.05) is 25.0 Å². The molecule has 1 atom stereocenters. The summed E-state index contributed by atoms with van der Waals surface area (Å²) < 4.78 is 12.3. The fourth-order valence-electron chi connectivity index (χ4n) is 0.322. The molecule has 0 aliphatic rings. The molecule has 0 saturated carbocycles. The molecule has 0 heterocycles. The summed E-state index contributed by atoms with van der Waals surface area (Å²) in [5.74, 6) is 0. The third kappa shape index (κ3) is 5.12. The second kappa shape index (κ2) is 6.11. The molecule has 0 aliphatic carbocycles. The van der Waals surface area contributed by atoms with E-state index in [0.29, 0.717) is 6.42 Å². The topological polar surface area (TPSA) is 0 Å². The second-order valence-corrected chi connectivity index (χ2v) is 4.59. The Labute approximate surface area is 62.2 Å². The Bertz CT molecular complexity index is 44.5. The van der Waals surface area contributed by atoms with Crippen LogP contribution in [-0.2, 0) is 0 Å². The molecular weight excluding hydrogens is 163 g/mol. The lowest BCUT2D eigenvalue weighted by molar-refractivity contribution is 0.428. The van der Waals surface area contributed by atoms with Crippen molar-refractivity contribution in [2.45, 2.75) is 25.3 Å². The summed E-state index contributed by atoms with van der Waals surface area (Å²) in [5.41, 5.74) is -0.734. The van der Waals surface area contributed by atoms with Crippen LogP contribution in [0.1, 0.15) is 19.8 Å². The van der Waals surface area contributed by atoms with Gasteiger partial charge in [0, 0.05) is 0 Å². The molecule has 0 amide bonds. The zero-order valence-corrected chi connectivity index (χ0v) is 7.16. The minimum Gasteiger partial charge on any atom is -0.235 e.